The van der Waals surface area contributed by atoms with Gasteiger partial charge in [-0.3, -0.25) is 9.59 Å². The number of ether oxygens (including phenoxy) is 4. The summed E-state index contributed by atoms with van der Waals surface area (Å²) < 4.78 is 22.0. The average molecular weight is 415 g/mol. The van der Waals surface area contributed by atoms with Crippen LogP contribution in [0.15, 0.2) is 0 Å². The number of carbonyl (C=O) groups excluding carboxylic acids is 2. The molecule has 1 saturated heterocycles. The highest BCUT2D eigenvalue weighted by Gasteiger charge is 2.38. The highest BCUT2D eigenvalue weighted by molar-refractivity contribution is 5.94. The molecular weight excluding hydrogens is 372 g/mol. The van der Waals surface area contributed by atoms with Crippen LogP contribution >= 0.6 is 0 Å². The van der Waals surface area contributed by atoms with Crippen LogP contribution in [-0.4, -0.2) is 37.7 Å². The molecule has 2 atom stereocenters. The van der Waals surface area contributed by atoms with Crippen molar-refractivity contribution in [3.63, 3.8) is 0 Å². The molecule has 0 radical (unpaired) electrons. The van der Waals surface area contributed by atoms with Crippen molar-refractivity contribution in [1.29, 1.82) is 0 Å². The Hall–Kier alpha value is -0.980. The van der Waals surface area contributed by atoms with Crippen LogP contribution in [0.1, 0.15) is 98.3 Å². The lowest BCUT2D eigenvalue weighted by atomic mass is 9.84. The van der Waals surface area contributed by atoms with Crippen LogP contribution in [0.3, 0.4) is 0 Å². The third-order valence-electron chi connectivity index (χ3n) is 5.65. The van der Waals surface area contributed by atoms with E-state index in [1.807, 2.05) is 20.8 Å². The molecule has 1 aliphatic heterocycles. The van der Waals surface area contributed by atoms with Gasteiger partial charge in [0.2, 0.25) is 0 Å². The van der Waals surface area contributed by atoms with Gasteiger partial charge in [0.05, 0.1) is 12.3 Å². The Morgan fingerprint density at radius 2 is 1.38 bits per heavy atom. The van der Waals surface area contributed by atoms with Crippen molar-refractivity contribution in [2.24, 2.45) is 11.8 Å². The molecule has 2 unspecified atom stereocenters. The molecule has 0 aromatic rings. The van der Waals surface area contributed by atoms with Gasteiger partial charge in [-0.15, -0.1) is 0 Å². The minimum absolute atomic E-state index is 0.214. The zero-order valence-electron chi connectivity index (χ0n) is 19.0. The summed E-state index contributed by atoms with van der Waals surface area (Å²) in [5.41, 5.74) is 0. The molecule has 1 aliphatic rings. The van der Waals surface area contributed by atoms with E-state index in [1.165, 1.54) is 25.7 Å². The molecule has 0 aromatic carbocycles. The monoisotopic (exact) mass is 414 g/mol. The van der Waals surface area contributed by atoms with Gasteiger partial charge in [-0.25, -0.2) is 0 Å². The molecule has 0 amide bonds. The second kappa shape index (κ2) is 14.9. The van der Waals surface area contributed by atoms with Crippen LogP contribution in [0, 0.1) is 11.8 Å². The van der Waals surface area contributed by atoms with Crippen molar-refractivity contribution in [1.82, 2.24) is 0 Å². The molecule has 0 bridgehead atoms. The Labute approximate surface area is 177 Å². The standard InChI is InChI=1S/C23H42O6/c1-5-19(20-18-21(24)29-22(20)25)16-14-12-10-9-11-13-15-17-23(26-6-2,27-7-3)28-8-4/h19-20H,5-18H2,1-4H3. The Balaban J connectivity index is 2.14. The lowest BCUT2D eigenvalue weighted by Crippen LogP contribution is -2.39. The van der Waals surface area contributed by atoms with Gasteiger partial charge < -0.3 is 18.9 Å². The van der Waals surface area contributed by atoms with Gasteiger partial charge in [-0.05, 0) is 39.5 Å². The molecule has 0 aliphatic carbocycles. The Morgan fingerprint density at radius 1 is 0.862 bits per heavy atom. The molecule has 0 aromatic heterocycles. The fourth-order valence-corrected chi connectivity index (χ4v) is 4.17. The summed E-state index contributed by atoms with van der Waals surface area (Å²) in [6.45, 7) is 9.70. The number of carbonyl (C=O) groups is 2. The first-order valence-corrected chi connectivity index (χ1v) is 11.7. The molecule has 170 valence electrons. The maximum atomic E-state index is 11.7. The SMILES string of the molecule is CCOC(CCCCCCCCCC(CC)C1CC(=O)OC1=O)(OCC)OCC. The summed E-state index contributed by atoms with van der Waals surface area (Å²) in [4.78, 5) is 23.0. The molecule has 29 heavy (non-hydrogen) atoms. The van der Waals surface area contributed by atoms with E-state index in [0.29, 0.717) is 19.8 Å². The minimum atomic E-state index is -0.879. The normalized spacial score (nSPS) is 18.3. The second-order valence-electron chi connectivity index (χ2n) is 7.77. The summed E-state index contributed by atoms with van der Waals surface area (Å²) in [5.74, 6) is -1.49. The highest BCUT2D eigenvalue weighted by atomic mass is 16.9. The van der Waals surface area contributed by atoms with Gasteiger partial charge in [-0.2, -0.15) is 0 Å². The van der Waals surface area contributed by atoms with Gasteiger partial charge in [0, 0.05) is 26.2 Å². The number of hydrogen-bond donors (Lipinski definition) is 0. The van der Waals surface area contributed by atoms with Crippen molar-refractivity contribution in [2.75, 3.05) is 19.8 Å². The maximum absolute atomic E-state index is 11.7. The van der Waals surface area contributed by atoms with Gasteiger partial charge in [0.1, 0.15) is 0 Å². The summed E-state index contributed by atoms with van der Waals surface area (Å²) in [6.07, 6.45) is 11.0. The predicted octanol–water partition coefficient (Wildman–Crippen LogP) is 5.38. The highest BCUT2D eigenvalue weighted by Crippen LogP contribution is 2.31. The average Bonchev–Trinajstić information content (AvgIpc) is 3.02. The summed E-state index contributed by atoms with van der Waals surface area (Å²) in [7, 11) is 0. The zero-order chi connectivity index (χ0) is 21.5. The van der Waals surface area contributed by atoms with Crippen LogP contribution in [0.5, 0.6) is 0 Å². The molecule has 0 spiro atoms. The van der Waals surface area contributed by atoms with Crippen molar-refractivity contribution < 1.29 is 28.5 Å². The lowest BCUT2D eigenvalue weighted by molar-refractivity contribution is -0.380. The molecule has 0 N–H and O–H groups in total. The van der Waals surface area contributed by atoms with E-state index < -0.39 is 5.97 Å². The summed E-state index contributed by atoms with van der Waals surface area (Å²) >= 11 is 0. The number of unbranched alkanes of at least 4 members (excludes halogenated alkanes) is 6. The van der Waals surface area contributed by atoms with Crippen LogP contribution < -0.4 is 0 Å². The summed E-state index contributed by atoms with van der Waals surface area (Å²) in [5, 5.41) is 0. The number of hydrogen-bond acceptors (Lipinski definition) is 6. The third kappa shape index (κ3) is 9.58. The van der Waals surface area contributed by atoms with Crippen molar-refractivity contribution in [3.05, 3.63) is 0 Å². The Morgan fingerprint density at radius 3 is 1.83 bits per heavy atom. The predicted molar refractivity (Wildman–Crippen MR) is 112 cm³/mol. The van der Waals surface area contributed by atoms with E-state index in [-0.39, 0.29) is 30.2 Å². The fourth-order valence-electron chi connectivity index (χ4n) is 4.17. The molecule has 1 rings (SSSR count). The van der Waals surface area contributed by atoms with E-state index in [1.54, 1.807) is 0 Å². The quantitative estimate of drug-likeness (QED) is 0.130. The second-order valence-corrected chi connectivity index (χ2v) is 7.77. The molecule has 0 saturated carbocycles. The smallest absolute Gasteiger partial charge is 0.317 e. The van der Waals surface area contributed by atoms with Gasteiger partial charge in [0.25, 0.3) is 5.97 Å². The first-order chi connectivity index (χ1) is 14.0. The zero-order valence-corrected chi connectivity index (χ0v) is 19.0. The molecule has 6 heteroatoms. The van der Waals surface area contributed by atoms with Crippen molar-refractivity contribution >= 4 is 11.9 Å². The van der Waals surface area contributed by atoms with Crippen molar-refractivity contribution in [3.8, 4) is 0 Å². The van der Waals surface area contributed by atoms with Gasteiger partial charge in [-0.1, -0.05) is 51.9 Å². The minimum Gasteiger partial charge on any atom is -0.393 e. The molecule has 1 heterocycles. The van der Waals surface area contributed by atoms with E-state index in [2.05, 4.69) is 6.92 Å². The first kappa shape index (κ1) is 26.1. The Kier molecular flexibility index (Phi) is 13.4. The van der Waals surface area contributed by atoms with Crippen LogP contribution in [0.4, 0.5) is 0 Å². The largest absolute Gasteiger partial charge is 0.393 e. The number of cyclic esters (lactones) is 2. The number of esters is 2. The van der Waals surface area contributed by atoms with Gasteiger partial charge in [0.15, 0.2) is 0 Å². The van der Waals surface area contributed by atoms with Crippen LogP contribution in [-0.2, 0) is 28.5 Å². The number of rotatable bonds is 18. The van der Waals surface area contributed by atoms with E-state index in [0.717, 1.165) is 38.5 Å². The van der Waals surface area contributed by atoms with Crippen molar-refractivity contribution in [2.45, 2.75) is 104 Å². The molecule has 6 nitrogen and oxygen atoms in total. The Bertz CT molecular complexity index is 447. The molecule has 1 fully saturated rings. The molecular formula is C23H42O6. The van der Waals surface area contributed by atoms with Gasteiger partial charge >= 0.3 is 11.9 Å². The van der Waals surface area contributed by atoms with Crippen LogP contribution in [0.25, 0.3) is 0 Å². The van der Waals surface area contributed by atoms with E-state index in [4.69, 9.17) is 18.9 Å². The fraction of sp³-hybridized carbons (Fsp3) is 0.913. The third-order valence-corrected chi connectivity index (χ3v) is 5.65. The first-order valence-electron chi connectivity index (χ1n) is 11.7. The topological polar surface area (TPSA) is 71.1 Å². The lowest BCUT2D eigenvalue weighted by Gasteiger charge is -2.32. The maximum Gasteiger partial charge on any atom is 0.317 e. The van der Waals surface area contributed by atoms with E-state index in [9.17, 15) is 9.59 Å². The van der Waals surface area contributed by atoms with Crippen LogP contribution in [0.2, 0.25) is 0 Å². The summed E-state index contributed by atoms with van der Waals surface area (Å²) in [6, 6.07) is 0. The van der Waals surface area contributed by atoms with E-state index >= 15 is 0 Å².